The molecule has 88 valence electrons. The Morgan fingerprint density at radius 1 is 1.56 bits per heavy atom. The summed E-state index contributed by atoms with van der Waals surface area (Å²) >= 11 is 0. The van der Waals surface area contributed by atoms with Crippen molar-refractivity contribution >= 4 is 6.09 Å². The quantitative estimate of drug-likeness (QED) is 0.314. The lowest BCUT2D eigenvalue weighted by molar-refractivity contribution is 0.0932. The maximum atomic E-state index is 11.0. The van der Waals surface area contributed by atoms with E-state index in [0.29, 0.717) is 0 Å². The van der Waals surface area contributed by atoms with Crippen molar-refractivity contribution in [2.45, 2.75) is 45.6 Å². The van der Waals surface area contributed by atoms with E-state index in [-0.39, 0.29) is 12.0 Å². The number of allylic oxidation sites excluding steroid dienone is 1. The Hall–Kier alpha value is -1.48. The smallest absolute Gasteiger partial charge is 0.397 e. The molecule has 0 heterocycles. The monoisotopic (exact) mass is 223 g/mol. The summed E-state index contributed by atoms with van der Waals surface area (Å²) in [4.78, 5) is 13.4. The van der Waals surface area contributed by atoms with E-state index >= 15 is 0 Å². The second kappa shape index (κ2) is 6.18. The highest BCUT2D eigenvalue weighted by Gasteiger charge is 2.20. The van der Waals surface area contributed by atoms with Gasteiger partial charge in [0, 0.05) is 15.9 Å². The Morgan fingerprint density at radius 2 is 2.31 bits per heavy atom. The van der Waals surface area contributed by atoms with Gasteiger partial charge in [0.1, 0.15) is 6.10 Å². The molecular formula is C11H17N3O2. The summed E-state index contributed by atoms with van der Waals surface area (Å²) in [6, 6.07) is 0. The molecule has 5 heteroatoms. The highest BCUT2D eigenvalue weighted by molar-refractivity contribution is 5.68. The molecule has 0 aliphatic heterocycles. The highest BCUT2D eigenvalue weighted by Crippen LogP contribution is 2.27. The van der Waals surface area contributed by atoms with Gasteiger partial charge in [-0.05, 0) is 38.1 Å². The average molecular weight is 223 g/mol. The average Bonchev–Trinajstić information content (AvgIpc) is 2.29. The molecule has 0 aromatic rings. The molecule has 0 bridgehead atoms. The van der Waals surface area contributed by atoms with E-state index < -0.39 is 6.09 Å². The van der Waals surface area contributed by atoms with Gasteiger partial charge in [-0.25, -0.2) is 4.79 Å². The molecule has 0 saturated heterocycles. The van der Waals surface area contributed by atoms with E-state index in [2.05, 4.69) is 16.1 Å². The largest absolute Gasteiger partial charge is 0.457 e. The summed E-state index contributed by atoms with van der Waals surface area (Å²) in [6.45, 7) is 3.86. The van der Waals surface area contributed by atoms with Crippen LogP contribution in [0.1, 0.15) is 39.5 Å². The molecule has 1 rings (SSSR count). The molecule has 1 aliphatic carbocycles. The molecular weight excluding hydrogens is 206 g/mol. The van der Waals surface area contributed by atoms with Crippen molar-refractivity contribution in [2.24, 2.45) is 11.0 Å². The summed E-state index contributed by atoms with van der Waals surface area (Å²) in [5.41, 5.74) is 9.42. The topological polar surface area (TPSA) is 75.1 Å². The number of carbonyl (C=O) groups excluding carboxylic acids is 1. The van der Waals surface area contributed by atoms with Gasteiger partial charge in [0.25, 0.3) is 0 Å². The van der Waals surface area contributed by atoms with Crippen molar-refractivity contribution in [1.29, 1.82) is 0 Å². The number of amides is 1. The molecule has 2 atom stereocenters. The molecule has 0 aromatic heterocycles. The van der Waals surface area contributed by atoms with Gasteiger partial charge in [-0.3, -0.25) is 0 Å². The van der Waals surface area contributed by atoms with Crippen LogP contribution in [0, 0.1) is 5.92 Å². The molecule has 0 aromatic carbocycles. The molecule has 0 N–H and O–H groups in total. The molecule has 0 spiro atoms. The number of hydrogen-bond acceptors (Lipinski definition) is 2. The number of hydrogen-bond donors (Lipinski definition) is 0. The molecule has 0 unspecified atom stereocenters. The highest BCUT2D eigenvalue weighted by atomic mass is 16.6. The van der Waals surface area contributed by atoms with Gasteiger partial charge in [-0.2, -0.15) is 0 Å². The first kappa shape index (κ1) is 12.6. The van der Waals surface area contributed by atoms with Crippen molar-refractivity contribution in [3.8, 4) is 0 Å². The van der Waals surface area contributed by atoms with E-state index in [9.17, 15) is 4.79 Å². The molecule has 0 fully saturated rings. The molecule has 0 saturated carbocycles. The maximum Gasteiger partial charge on any atom is 0.397 e. The van der Waals surface area contributed by atoms with Crippen LogP contribution in [0.15, 0.2) is 16.8 Å². The Balaban J connectivity index is 2.52. The van der Waals surface area contributed by atoms with Crippen molar-refractivity contribution in [3.05, 3.63) is 22.1 Å². The minimum absolute atomic E-state index is 0.193. The van der Waals surface area contributed by atoms with Gasteiger partial charge in [0.05, 0.1) is 0 Å². The summed E-state index contributed by atoms with van der Waals surface area (Å²) in [6.07, 6.45) is 5.75. The van der Waals surface area contributed by atoms with Gasteiger partial charge in [0.15, 0.2) is 0 Å². The van der Waals surface area contributed by atoms with E-state index in [1.54, 1.807) is 0 Å². The molecule has 0 radical (unpaired) electrons. The number of nitrogens with zero attached hydrogens (tertiary/aromatic N) is 3. The van der Waals surface area contributed by atoms with Gasteiger partial charge in [-0.15, -0.1) is 0 Å². The van der Waals surface area contributed by atoms with Crippen LogP contribution in [0.3, 0.4) is 0 Å². The number of carbonyl (C=O) groups is 1. The fourth-order valence-electron chi connectivity index (χ4n) is 1.90. The molecule has 16 heavy (non-hydrogen) atoms. The minimum Gasteiger partial charge on any atom is -0.457 e. The lowest BCUT2D eigenvalue weighted by atomic mass is 9.87. The van der Waals surface area contributed by atoms with Gasteiger partial charge in [-0.1, -0.05) is 18.6 Å². The molecule has 1 aliphatic rings. The zero-order valence-electron chi connectivity index (χ0n) is 9.72. The summed E-state index contributed by atoms with van der Waals surface area (Å²) in [5, 5.41) is 2.89. The third-order valence-electron chi connectivity index (χ3n) is 3.03. The summed E-state index contributed by atoms with van der Waals surface area (Å²) in [5.74, 6) is 0.193. The van der Waals surface area contributed by atoms with Crippen LogP contribution in [-0.2, 0) is 4.74 Å². The van der Waals surface area contributed by atoms with Crippen molar-refractivity contribution in [3.63, 3.8) is 0 Å². The van der Waals surface area contributed by atoms with Crippen LogP contribution < -0.4 is 0 Å². The van der Waals surface area contributed by atoms with E-state index in [4.69, 9.17) is 10.3 Å². The second-order valence-electron chi connectivity index (χ2n) is 4.09. The molecule has 5 nitrogen and oxygen atoms in total. The third kappa shape index (κ3) is 3.59. The SMILES string of the molecule is C[C@H](C1=CCCCC1)[C@@H](C)OC(=O)N=[N+]=[N-]. The minimum atomic E-state index is -0.849. The Kier molecular flexibility index (Phi) is 4.86. The van der Waals surface area contributed by atoms with Crippen molar-refractivity contribution in [1.82, 2.24) is 0 Å². The van der Waals surface area contributed by atoms with Gasteiger partial charge in [0.2, 0.25) is 0 Å². The summed E-state index contributed by atoms with van der Waals surface area (Å²) in [7, 11) is 0. The van der Waals surface area contributed by atoms with Crippen molar-refractivity contribution < 1.29 is 9.53 Å². The van der Waals surface area contributed by atoms with E-state index in [1.807, 2.05) is 13.8 Å². The first-order chi connectivity index (χ1) is 7.65. The fraction of sp³-hybridized carbons (Fsp3) is 0.727. The van der Waals surface area contributed by atoms with Crippen LogP contribution in [-0.4, -0.2) is 12.2 Å². The Labute approximate surface area is 95.1 Å². The predicted octanol–water partition coefficient (Wildman–Crippen LogP) is 3.96. The number of rotatable bonds is 3. The molecule has 1 amide bonds. The van der Waals surface area contributed by atoms with E-state index in [0.717, 1.165) is 12.8 Å². The standard InChI is InChI=1S/C11H17N3O2/c1-8(10-6-4-3-5-7-10)9(2)16-11(15)13-14-12/h6,8-9H,3-5,7H2,1-2H3/t8-,9+/m0/s1. The zero-order valence-corrected chi connectivity index (χ0v) is 9.72. The number of azide groups is 1. The normalized spacial score (nSPS) is 19.0. The predicted molar refractivity (Wildman–Crippen MR) is 60.8 cm³/mol. The Bertz CT molecular complexity index is 332. The van der Waals surface area contributed by atoms with Gasteiger partial charge < -0.3 is 4.74 Å². The van der Waals surface area contributed by atoms with Crippen molar-refractivity contribution in [2.75, 3.05) is 0 Å². The lowest BCUT2D eigenvalue weighted by Crippen LogP contribution is -2.22. The fourth-order valence-corrected chi connectivity index (χ4v) is 1.90. The lowest BCUT2D eigenvalue weighted by Gasteiger charge is -2.24. The van der Waals surface area contributed by atoms with Crippen LogP contribution in [0.25, 0.3) is 10.4 Å². The third-order valence-corrected chi connectivity index (χ3v) is 3.03. The van der Waals surface area contributed by atoms with Gasteiger partial charge >= 0.3 is 6.09 Å². The number of ether oxygens (including phenoxy) is 1. The van der Waals surface area contributed by atoms with Crippen LogP contribution in [0.4, 0.5) is 4.79 Å². The van der Waals surface area contributed by atoms with Crippen LogP contribution in [0.5, 0.6) is 0 Å². The summed E-state index contributed by atoms with van der Waals surface area (Å²) < 4.78 is 5.01. The second-order valence-corrected chi connectivity index (χ2v) is 4.09. The van der Waals surface area contributed by atoms with Crippen LogP contribution >= 0.6 is 0 Å². The van der Waals surface area contributed by atoms with E-state index in [1.165, 1.54) is 18.4 Å². The first-order valence-electron chi connectivity index (χ1n) is 5.59. The first-order valence-corrected chi connectivity index (χ1v) is 5.59. The Morgan fingerprint density at radius 3 is 2.88 bits per heavy atom. The zero-order chi connectivity index (χ0) is 12.0. The van der Waals surface area contributed by atoms with Crippen LogP contribution in [0.2, 0.25) is 0 Å². The maximum absolute atomic E-state index is 11.0.